The van der Waals surface area contributed by atoms with Gasteiger partial charge >= 0.3 is 0 Å². The molecule has 0 unspecified atom stereocenters. The van der Waals surface area contributed by atoms with E-state index in [2.05, 4.69) is 10.3 Å². The van der Waals surface area contributed by atoms with Crippen LogP contribution in [0.15, 0.2) is 5.38 Å². The van der Waals surface area contributed by atoms with Crippen molar-refractivity contribution < 1.29 is 9.59 Å². The van der Waals surface area contributed by atoms with E-state index in [-0.39, 0.29) is 11.8 Å². The molecule has 0 aromatic carbocycles. The minimum atomic E-state index is -0.00378. The van der Waals surface area contributed by atoms with Gasteiger partial charge in [0, 0.05) is 30.8 Å². The van der Waals surface area contributed by atoms with Gasteiger partial charge in [-0.3, -0.25) is 9.59 Å². The molecule has 1 aromatic heterocycles. The van der Waals surface area contributed by atoms with Crippen LogP contribution in [0.5, 0.6) is 0 Å². The number of aryl methyl sites for hydroxylation is 1. The maximum absolute atomic E-state index is 12.7. The van der Waals surface area contributed by atoms with Crippen molar-refractivity contribution in [3.8, 4) is 0 Å². The van der Waals surface area contributed by atoms with Gasteiger partial charge in [-0.2, -0.15) is 0 Å². The molecule has 5 nitrogen and oxygen atoms in total. The monoisotopic (exact) mass is 361 g/mol. The van der Waals surface area contributed by atoms with Crippen LogP contribution in [0, 0.1) is 30.6 Å². The number of nitrogens with one attached hydrogen (secondary N) is 1. The summed E-state index contributed by atoms with van der Waals surface area (Å²) in [6, 6.07) is 0. The Morgan fingerprint density at radius 3 is 2.36 bits per heavy atom. The number of nitrogens with zero attached hydrogens (tertiary/aromatic N) is 2. The molecule has 3 aliphatic rings. The van der Waals surface area contributed by atoms with Crippen LogP contribution < -0.4 is 5.32 Å². The molecule has 1 saturated heterocycles. The lowest BCUT2D eigenvalue weighted by Crippen LogP contribution is -2.42. The fraction of sp³-hybridized carbons (Fsp3) is 0.737. The Bertz CT molecular complexity index is 631. The fourth-order valence-electron chi connectivity index (χ4n) is 4.11. The number of rotatable bonds is 6. The Labute approximate surface area is 153 Å². The summed E-state index contributed by atoms with van der Waals surface area (Å²) in [7, 11) is 0. The van der Waals surface area contributed by atoms with E-state index in [0.717, 1.165) is 49.9 Å². The molecule has 0 atom stereocenters. The lowest BCUT2D eigenvalue weighted by Gasteiger charge is -2.32. The van der Waals surface area contributed by atoms with Gasteiger partial charge in [-0.1, -0.05) is 0 Å². The largest absolute Gasteiger partial charge is 0.343 e. The molecule has 6 heteroatoms. The lowest BCUT2D eigenvalue weighted by molar-refractivity contribution is -0.135. The van der Waals surface area contributed by atoms with Gasteiger partial charge < -0.3 is 10.2 Å². The number of hydrogen-bond donors (Lipinski definition) is 1. The minimum absolute atomic E-state index is 0.00378. The molecule has 0 radical (unpaired) electrons. The Morgan fingerprint density at radius 2 is 1.84 bits per heavy atom. The predicted molar refractivity (Wildman–Crippen MR) is 98.3 cm³/mol. The second-order valence-electron chi connectivity index (χ2n) is 7.98. The predicted octanol–water partition coefficient (Wildman–Crippen LogP) is 3.45. The van der Waals surface area contributed by atoms with Gasteiger partial charge in [0.2, 0.25) is 11.8 Å². The van der Waals surface area contributed by atoms with Crippen LogP contribution in [0.2, 0.25) is 0 Å². The molecule has 1 N–H and O–H groups in total. The van der Waals surface area contributed by atoms with Gasteiger partial charge in [0.1, 0.15) is 0 Å². The lowest BCUT2D eigenvalue weighted by atomic mass is 9.91. The molecule has 3 fully saturated rings. The summed E-state index contributed by atoms with van der Waals surface area (Å²) in [6.07, 6.45) is 7.57. The molecule has 136 valence electrons. The molecule has 2 amide bonds. The summed E-state index contributed by atoms with van der Waals surface area (Å²) in [5.41, 5.74) is 0.932. The van der Waals surface area contributed by atoms with Gasteiger partial charge in [0.05, 0.1) is 5.69 Å². The first-order chi connectivity index (χ1) is 12.1. The van der Waals surface area contributed by atoms with Gasteiger partial charge in [0.15, 0.2) is 5.13 Å². The highest BCUT2D eigenvalue weighted by Crippen LogP contribution is 2.50. The van der Waals surface area contributed by atoms with E-state index in [0.29, 0.717) is 17.0 Å². The second kappa shape index (κ2) is 7.06. The highest BCUT2D eigenvalue weighted by Gasteiger charge is 2.43. The molecule has 4 rings (SSSR count). The Morgan fingerprint density at radius 1 is 1.20 bits per heavy atom. The van der Waals surface area contributed by atoms with Crippen LogP contribution in [0.4, 0.5) is 5.13 Å². The van der Waals surface area contributed by atoms with Gasteiger partial charge in [-0.15, -0.1) is 11.3 Å². The van der Waals surface area contributed by atoms with Crippen LogP contribution in [0.1, 0.15) is 50.6 Å². The number of likely N-dealkylation sites (tertiary alicyclic amines) is 1. The van der Waals surface area contributed by atoms with E-state index < -0.39 is 0 Å². The average Bonchev–Trinajstić information content (AvgIpc) is 3.52. The molecular weight excluding hydrogens is 334 g/mol. The molecular formula is C19H27N3O2S. The summed E-state index contributed by atoms with van der Waals surface area (Å²) in [5, 5.41) is 5.54. The second-order valence-corrected chi connectivity index (χ2v) is 8.84. The van der Waals surface area contributed by atoms with E-state index in [1.54, 1.807) is 0 Å². The first-order valence-corrected chi connectivity index (χ1v) is 10.5. The third kappa shape index (κ3) is 4.22. The van der Waals surface area contributed by atoms with Crippen molar-refractivity contribution in [3.05, 3.63) is 11.1 Å². The zero-order valence-corrected chi connectivity index (χ0v) is 15.7. The molecule has 0 spiro atoms. The fourth-order valence-corrected chi connectivity index (χ4v) is 4.80. The number of piperidine rings is 1. The van der Waals surface area contributed by atoms with Crippen molar-refractivity contribution >= 4 is 28.3 Å². The number of thiazole rings is 1. The van der Waals surface area contributed by atoms with Crippen molar-refractivity contribution in [1.82, 2.24) is 9.88 Å². The van der Waals surface area contributed by atoms with E-state index in [1.807, 2.05) is 17.2 Å². The van der Waals surface area contributed by atoms with E-state index >= 15 is 0 Å². The summed E-state index contributed by atoms with van der Waals surface area (Å²) in [4.78, 5) is 31.3. The standard InChI is InChI=1S/C19H27N3O2S/c1-12-11-25-19(20-12)21-18(24)15-6-8-22(9-7-15)17(23)10-16(13-2-3-13)14-4-5-14/h11,13-16H,2-10H2,1H3,(H,20,21,24). The molecule has 2 aliphatic carbocycles. The van der Waals surface area contributed by atoms with Crippen molar-refractivity contribution in [2.45, 2.75) is 51.9 Å². The van der Waals surface area contributed by atoms with E-state index in [4.69, 9.17) is 0 Å². The first kappa shape index (κ1) is 17.0. The van der Waals surface area contributed by atoms with Crippen LogP contribution in [0.3, 0.4) is 0 Å². The zero-order chi connectivity index (χ0) is 17.4. The quantitative estimate of drug-likeness (QED) is 0.844. The number of anilines is 1. The number of hydrogen-bond acceptors (Lipinski definition) is 4. The third-order valence-corrected chi connectivity index (χ3v) is 6.81. The number of aromatic nitrogens is 1. The van der Waals surface area contributed by atoms with Crippen LogP contribution in [-0.4, -0.2) is 34.8 Å². The van der Waals surface area contributed by atoms with Gasteiger partial charge in [-0.25, -0.2) is 4.98 Å². The number of amides is 2. The third-order valence-electron chi connectivity index (χ3n) is 5.93. The van der Waals surface area contributed by atoms with Crippen molar-refractivity contribution in [2.75, 3.05) is 18.4 Å². The highest BCUT2D eigenvalue weighted by atomic mass is 32.1. The van der Waals surface area contributed by atoms with Crippen LogP contribution in [0.25, 0.3) is 0 Å². The molecule has 1 aromatic rings. The molecule has 2 heterocycles. The number of carbonyl (C=O) groups is 2. The van der Waals surface area contributed by atoms with E-state index in [1.165, 1.54) is 37.0 Å². The summed E-state index contributed by atoms with van der Waals surface area (Å²) >= 11 is 1.46. The maximum atomic E-state index is 12.7. The smallest absolute Gasteiger partial charge is 0.229 e. The number of carbonyl (C=O) groups excluding carboxylic acids is 2. The van der Waals surface area contributed by atoms with E-state index in [9.17, 15) is 9.59 Å². The topological polar surface area (TPSA) is 62.3 Å². The molecule has 2 saturated carbocycles. The highest BCUT2D eigenvalue weighted by molar-refractivity contribution is 7.13. The van der Waals surface area contributed by atoms with Crippen molar-refractivity contribution in [2.24, 2.45) is 23.7 Å². The van der Waals surface area contributed by atoms with Gasteiger partial charge in [0.25, 0.3) is 0 Å². The summed E-state index contributed by atoms with van der Waals surface area (Å²) in [5.74, 6) is 2.65. The zero-order valence-electron chi connectivity index (χ0n) is 14.9. The first-order valence-electron chi connectivity index (χ1n) is 9.61. The summed E-state index contributed by atoms with van der Waals surface area (Å²) in [6.45, 7) is 3.36. The van der Waals surface area contributed by atoms with Crippen molar-refractivity contribution in [3.63, 3.8) is 0 Å². The molecule has 1 aliphatic heterocycles. The summed E-state index contributed by atoms with van der Waals surface area (Å²) < 4.78 is 0. The average molecular weight is 362 g/mol. The SMILES string of the molecule is Cc1csc(NC(=O)C2CCN(C(=O)CC(C3CC3)C3CC3)CC2)n1. The van der Waals surface area contributed by atoms with Crippen LogP contribution >= 0.6 is 11.3 Å². The molecule has 0 bridgehead atoms. The Hall–Kier alpha value is -1.43. The normalized spacial score (nSPS) is 21.6. The van der Waals surface area contributed by atoms with Crippen molar-refractivity contribution in [1.29, 1.82) is 0 Å². The van der Waals surface area contributed by atoms with Gasteiger partial charge in [-0.05, 0) is 63.2 Å². The molecule has 25 heavy (non-hydrogen) atoms. The Balaban J connectivity index is 1.24. The minimum Gasteiger partial charge on any atom is -0.343 e. The Kier molecular flexibility index (Phi) is 4.80. The van der Waals surface area contributed by atoms with Crippen LogP contribution in [-0.2, 0) is 9.59 Å². The maximum Gasteiger partial charge on any atom is 0.229 e.